The number of imidazole rings is 1. The van der Waals surface area contributed by atoms with Crippen molar-refractivity contribution in [1.29, 1.82) is 0 Å². The Morgan fingerprint density at radius 1 is 1.37 bits per heavy atom. The van der Waals surface area contributed by atoms with Crippen LogP contribution in [0.2, 0.25) is 0 Å². The number of benzene rings is 1. The van der Waals surface area contributed by atoms with Crippen molar-refractivity contribution in [1.82, 2.24) is 25.1 Å². The molecule has 0 aliphatic carbocycles. The fraction of sp³-hybridized carbons (Fsp3) is 0.526. The third-order valence-electron chi connectivity index (χ3n) is 5.66. The number of rotatable bonds is 2. The Bertz CT molecular complexity index is 893. The lowest BCUT2D eigenvalue weighted by molar-refractivity contribution is 0.0453. The fourth-order valence-electron chi connectivity index (χ4n) is 3.92. The molecular formula is C19H25N5O3. The van der Waals surface area contributed by atoms with Crippen LogP contribution in [-0.2, 0) is 18.3 Å². The first-order valence-electron chi connectivity index (χ1n) is 9.37. The largest absolute Gasteiger partial charge is 0.441 e. The van der Waals surface area contributed by atoms with E-state index < -0.39 is 5.60 Å². The molecule has 8 heteroatoms. The first-order valence-corrected chi connectivity index (χ1v) is 9.37. The quantitative estimate of drug-likeness (QED) is 0.846. The molecule has 1 atom stereocenters. The van der Waals surface area contributed by atoms with E-state index in [1.165, 1.54) is 0 Å². The van der Waals surface area contributed by atoms with Crippen molar-refractivity contribution in [2.45, 2.75) is 38.3 Å². The highest BCUT2D eigenvalue weighted by Crippen LogP contribution is 2.29. The average molecular weight is 371 g/mol. The number of carbonyl (C=O) groups is 2. The molecular weight excluding hydrogens is 346 g/mol. The van der Waals surface area contributed by atoms with Gasteiger partial charge in [0.25, 0.3) is 0 Å². The van der Waals surface area contributed by atoms with Crippen LogP contribution >= 0.6 is 0 Å². The van der Waals surface area contributed by atoms with Crippen LogP contribution in [0.3, 0.4) is 0 Å². The Balaban J connectivity index is 1.36. The van der Waals surface area contributed by atoms with Gasteiger partial charge in [-0.3, -0.25) is 0 Å². The van der Waals surface area contributed by atoms with Crippen molar-refractivity contribution < 1.29 is 14.3 Å². The zero-order valence-electron chi connectivity index (χ0n) is 15.7. The van der Waals surface area contributed by atoms with E-state index in [-0.39, 0.29) is 12.1 Å². The molecule has 0 saturated carbocycles. The summed E-state index contributed by atoms with van der Waals surface area (Å²) in [5.41, 5.74) is 2.59. The van der Waals surface area contributed by atoms with Crippen LogP contribution in [0, 0.1) is 6.92 Å². The summed E-state index contributed by atoms with van der Waals surface area (Å²) in [5.74, 6) is 0.965. The lowest BCUT2D eigenvalue weighted by Crippen LogP contribution is -2.41. The SMILES string of the molecule is Cc1nc2cc(CNC(=O)N3CCC[C@]4(CC3)CNC(=O)O4)ccc2n1C. The van der Waals surface area contributed by atoms with Crippen LogP contribution < -0.4 is 10.6 Å². The molecule has 0 bridgehead atoms. The van der Waals surface area contributed by atoms with Gasteiger partial charge in [-0.2, -0.15) is 0 Å². The van der Waals surface area contributed by atoms with Crippen LogP contribution in [0.25, 0.3) is 11.0 Å². The summed E-state index contributed by atoms with van der Waals surface area (Å²) in [6.07, 6.45) is 1.92. The molecule has 4 rings (SSSR count). The van der Waals surface area contributed by atoms with Gasteiger partial charge >= 0.3 is 12.1 Å². The molecule has 2 N–H and O–H groups in total. The Hall–Kier alpha value is -2.77. The Kier molecular flexibility index (Phi) is 4.41. The van der Waals surface area contributed by atoms with Crippen molar-refractivity contribution in [2.24, 2.45) is 7.05 Å². The summed E-state index contributed by atoms with van der Waals surface area (Å²) >= 11 is 0. The normalized spacial score (nSPS) is 22.6. The lowest BCUT2D eigenvalue weighted by Gasteiger charge is -2.25. The highest BCUT2D eigenvalue weighted by Gasteiger charge is 2.41. The summed E-state index contributed by atoms with van der Waals surface area (Å²) in [5, 5.41) is 5.73. The summed E-state index contributed by atoms with van der Waals surface area (Å²) in [6, 6.07) is 5.99. The van der Waals surface area contributed by atoms with Gasteiger partial charge in [-0.25, -0.2) is 14.6 Å². The monoisotopic (exact) mass is 371 g/mol. The predicted octanol–water partition coefficient (Wildman–Crippen LogP) is 2.06. The third-order valence-corrected chi connectivity index (χ3v) is 5.66. The lowest BCUT2D eigenvalue weighted by atomic mass is 9.95. The van der Waals surface area contributed by atoms with E-state index in [2.05, 4.69) is 20.2 Å². The molecule has 0 unspecified atom stereocenters. The van der Waals surface area contributed by atoms with E-state index in [1.807, 2.05) is 37.1 Å². The molecule has 27 heavy (non-hydrogen) atoms. The fourth-order valence-corrected chi connectivity index (χ4v) is 3.92. The minimum atomic E-state index is -0.450. The molecule has 8 nitrogen and oxygen atoms in total. The van der Waals surface area contributed by atoms with Crippen LogP contribution in [0.5, 0.6) is 0 Å². The van der Waals surface area contributed by atoms with Gasteiger partial charge in [0.15, 0.2) is 0 Å². The summed E-state index contributed by atoms with van der Waals surface area (Å²) < 4.78 is 7.51. The molecule has 1 spiro atoms. The number of urea groups is 1. The van der Waals surface area contributed by atoms with Gasteiger partial charge in [-0.15, -0.1) is 0 Å². The maximum absolute atomic E-state index is 12.6. The zero-order chi connectivity index (χ0) is 19.0. The standard InChI is InChI=1S/C19H25N5O3/c1-13-22-15-10-14(4-5-16(15)23(13)2)11-20-17(25)24-8-3-6-19(7-9-24)12-21-18(26)27-19/h4-5,10H,3,6-9,11-12H2,1-2H3,(H,20,25)(H,21,26)/t19-/m0/s1. The number of hydrogen-bond acceptors (Lipinski definition) is 4. The molecule has 144 valence electrons. The van der Waals surface area contributed by atoms with Crippen molar-refractivity contribution >= 4 is 23.2 Å². The topological polar surface area (TPSA) is 88.5 Å². The second-order valence-electron chi connectivity index (χ2n) is 7.47. The van der Waals surface area contributed by atoms with E-state index in [1.54, 1.807) is 0 Å². The average Bonchev–Trinajstić information content (AvgIpc) is 3.06. The number of aromatic nitrogens is 2. The highest BCUT2D eigenvalue weighted by atomic mass is 16.6. The smallest absolute Gasteiger partial charge is 0.407 e. The molecule has 2 saturated heterocycles. The molecule has 3 heterocycles. The van der Waals surface area contributed by atoms with Crippen LogP contribution in [0.4, 0.5) is 9.59 Å². The number of ether oxygens (including phenoxy) is 1. The van der Waals surface area contributed by atoms with Gasteiger partial charge < -0.3 is 24.8 Å². The number of likely N-dealkylation sites (tertiary alicyclic amines) is 1. The minimum Gasteiger partial charge on any atom is -0.441 e. The maximum atomic E-state index is 12.6. The second-order valence-corrected chi connectivity index (χ2v) is 7.47. The molecule has 2 aliphatic rings. The molecule has 2 aromatic rings. The van der Waals surface area contributed by atoms with Crippen molar-refractivity contribution in [3.05, 3.63) is 29.6 Å². The Morgan fingerprint density at radius 3 is 3.00 bits per heavy atom. The van der Waals surface area contributed by atoms with Crippen LogP contribution in [-0.4, -0.2) is 51.8 Å². The van der Waals surface area contributed by atoms with Gasteiger partial charge in [0.05, 0.1) is 17.6 Å². The molecule has 0 radical (unpaired) electrons. The van der Waals surface area contributed by atoms with Crippen LogP contribution in [0.1, 0.15) is 30.7 Å². The number of nitrogens with zero attached hydrogens (tertiary/aromatic N) is 3. The number of amides is 3. The molecule has 3 amide bonds. The van der Waals surface area contributed by atoms with Crippen molar-refractivity contribution in [2.75, 3.05) is 19.6 Å². The Morgan fingerprint density at radius 2 is 2.22 bits per heavy atom. The van der Waals surface area contributed by atoms with Gasteiger partial charge in [-0.05, 0) is 37.5 Å². The summed E-state index contributed by atoms with van der Waals surface area (Å²) in [6.45, 7) is 4.22. The minimum absolute atomic E-state index is 0.0818. The van der Waals surface area contributed by atoms with E-state index in [9.17, 15) is 9.59 Å². The number of alkyl carbamates (subject to hydrolysis) is 1. The van der Waals surface area contributed by atoms with E-state index >= 15 is 0 Å². The van der Waals surface area contributed by atoms with E-state index in [0.717, 1.165) is 35.3 Å². The summed E-state index contributed by atoms with van der Waals surface area (Å²) in [7, 11) is 2.00. The first-order chi connectivity index (χ1) is 13.0. The van der Waals surface area contributed by atoms with Gasteiger partial charge in [0.1, 0.15) is 11.4 Å². The predicted molar refractivity (Wildman–Crippen MR) is 100 cm³/mol. The first kappa shape index (κ1) is 17.6. The molecule has 2 aliphatic heterocycles. The molecule has 1 aromatic heterocycles. The molecule has 2 fully saturated rings. The zero-order valence-corrected chi connectivity index (χ0v) is 15.7. The second kappa shape index (κ2) is 6.75. The number of nitrogens with one attached hydrogen (secondary N) is 2. The number of aryl methyl sites for hydroxylation is 2. The number of fused-ring (bicyclic) bond motifs is 1. The van der Waals surface area contributed by atoms with Crippen LogP contribution in [0.15, 0.2) is 18.2 Å². The van der Waals surface area contributed by atoms with Gasteiger partial charge in [-0.1, -0.05) is 6.07 Å². The van der Waals surface area contributed by atoms with Gasteiger partial charge in [0.2, 0.25) is 0 Å². The Labute approximate surface area is 157 Å². The maximum Gasteiger partial charge on any atom is 0.407 e. The number of hydrogen-bond donors (Lipinski definition) is 2. The third kappa shape index (κ3) is 3.43. The summed E-state index contributed by atoms with van der Waals surface area (Å²) in [4.78, 5) is 30.3. The van der Waals surface area contributed by atoms with Gasteiger partial charge in [0, 0.05) is 33.1 Å². The van der Waals surface area contributed by atoms with E-state index in [0.29, 0.717) is 32.6 Å². The van der Waals surface area contributed by atoms with Crippen molar-refractivity contribution in [3.63, 3.8) is 0 Å². The van der Waals surface area contributed by atoms with Crippen molar-refractivity contribution in [3.8, 4) is 0 Å². The number of carbonyl (C=O) groups excluding carboxylic acids is 2. The molecule has 1 aromatic carbocycles. The van der Waals surface area contributed by atoms with E-state index in [4.69, 9.17) is 4.74 Å². The highest BCUT2D eigenvalue weighted by molar-refractivity contribution is 5.77.